The third-order valence-electron chi connectivity index (χ3n) is 4.94. The van der Waals surface area contributed by atoms with Crippen molar-refractivity contribution in [1.82, 2.24) is 10.3 Å². The number of nitrogens with one attached hydrogen (secondary N) is 1. The van der Waals surface area contributed by atoms with Crippen molar-refractivity contribution in [2.45, 2.75) is 26.6 Å². The second-order valence-corrected chi connectivity index (χ2v) is 7.65. The summed E-state index contributed by atoms with van der Waals surface area (Å²) >= 11 is 0. The Morgan fingerprint density at radius 1 is 1.11 bits per heavy atom. The molecule has 1 heterocycles. The number of halogens is 5. The second-order valence-electron chi connectivity index (χ2n) is 7.65. The Labute approximate surface area is 199 Å². The van der Waals surface area contributed by atoms with Gasteiger partial charge in [0.2, 0.25) is 0 Å². The molecule has 0 bridgehead atoms. The van der Waals surface area contributed by atoms with Crippen molar-refractivity contribution < 1.29 is 26.7 Å². The van der Waals surface area contributed by atoms with E-state index < -0.39 is 23.4 Å². The lowest BCUT2D eigenvalue weighted by Crippen LogP contribution is -2.12. The number of ether oxygens (including phenoxy) is 1. The van der Waals surface area contributed by atoms with E-state index in [1.165, 1.54) is 30.6 Å². The fourth-order valence-corrected chi connectivity index (χ4v) is 3.06. The van der Waals surface area contributed by atoms with Crippen LogP contribution in [0.25, 0.3) is 5.70 Å². The molecule has 35 heavy (non-hydrogen) atoms. The minimum absolute atomic E-state index is 0.174. The highest BCUT2D eigenvalue weighted by molar-refractivity contribution is 5.78. The van der Waals surface area contributed by atoms with E-state index in [1.807, 2.05) is 13.0 Å². The van der Waals surface area contributed by atoms with Gasteiger partial charge in [0.15, 0.2) is 0 Å². The summed E-state index contributed by atoms with van der Waals surface area (Å²) in [6, 6.07) is 11.8. The van der Waals surface area contributed by atoms with E-state index in [-0.39, 0.29) is 6.54 Å². The summed E-state index contributed by atoms with van der Waals surface area (Å²) in [6.07, 6.45) is -1.06. The van der Waals surface area contributed by atoms with Crippen LogP contribution in [0.15, 0.2) is 78.1 Å². The van der Waals surface area contributed by atoms with Crippen molar-refractivity contribution in [2.24, 2.45) is 4.99 Å². The van der Waals surface area contributed by atoms with Gasteiger partial charge in [-0.3, -0.25) is 9.98 Å². The summed E-state index contributed by atoms with van der Waals surface area (Å²) < 4.78 is 70.4. The van der Waals surface area contributed by atoms with Gasteiger partial charge in [0, 0.05) is 53.5 Å². The maximum Gasteiger partial charge on any atom is 0.413 e. The first-order chi connectivity index (χ1) is 16.5. The number of pyridine rings is 1. The third-order valence-corrected chi connectivity index (χ3v) is 4.94. The predicted molar refractivity (Wildman–Crippen MR) is 125 cm³/mol. The maximum absolute atomic E-state index is 13.4. The van der Waals surface area contributed by atoms with Gasteiger partial charge in [-0.1, -0.05) is 18.7 Å². The fraction of sp³-hybridized carbons (Fsp3) is 0.154. The van der Waals surface area contributed by atoms with Crippen molar-refractivity contribution >= 4 is 11.9 Å². The highest BCUT2D eigenvalue weighted by atomic mass is 19.4. The van der Waals surface area contributed by atoms with Crippen molar-refractivity contribution in [1.29, 1.82) is 0 Å². The Balaban J connectivity index is 1.72. The molecule has 4 nitrogen and oxygen atoms in total. The van der Waals surface area contributed by atoms with Crippen LogP contribution < -0.4 is 10.1 Å². The molecule has 0 spiro atoms. The fourth-order valence-electron chi connectivity index (χ4n) is 3.06. The van der Waals surface area contributed by atoms with Gasteiger partial charge < -0.3 is 10.1 Å². The van der Waals surface area contributed by atoms with E-state index in [9.17, 15) is 22.0 Å². The summed E-state index contributed by atoms with van der Waals surface area (Å²) in [5, 5.41) is 3.06. The van der Waals surface area contributed by atoms with E-state index in [2.05, 4.69) is 21.9 Å². The number of aromatic nitrogens is 1. The zero-order chi connectivity index (χ0) is 25.6. The lowest BCUT2D eigenvalue weighted by molar-refractivity contribution is -0.0914. The predicted octanol–water partition coefficient (Wildman–Crippen LogP) is 7.11. The normalized spacial score (nSPS) is 12.1. The zero-order valence-corrected chi connectivity index (χ0v) is 19.0. The maximum atomic E-state index is 13.4. The van der Waals surface area contributed by atoms with Gasteiger partial charge in [-0.15, -0.1) is 0 Å². The molecule has 1 N–H and O–H groups in total. The van der Waals surface area contributed by atoms with Crippen LogP contribution in [0.3, 0.4) is 0 Å². The molecular formula is C26H22F5N3O. The van der Waals surface area contributed by atoms with Crippen LogP contribution in [0.1, 0.15) is 29.3 Å². The highest BCUT2D eigenvalue weighted by Gasteiger charge is 2.29. The summed E-state index contributed by atoms with van der Waals surface area (Å²) in [5.74, 6) is -0.393. The Kier molecular flexibility index (Phi) is 8.01. The summed E-state index contributed by atoms with van der Waals surface area (Å²) in [6.45, 7) is 6.94. The van der Waals surface area contributed by atoms with Gasteiger partial charge in [0.05, 0.1) is 11.9 Å². The molecule has 0 unspecified atom stereocenters. The third kappa shape index (κ3) is 7.23. The molecule has 3 rings (SSSR count). The second kappa shape index (κ2) is 10.9. The first-order valence-electron chi connectivity index (χ1n) is 10.4. The van der Waals surface area contributed by atoms with Gasteiger partial charge in [0.25, 0.3) is 0 Å². The van der Waals surface area contributed by atoms with Gasteiger partial charge in [0.1, 0.15) is 23.1 Å². The molecular weight excluding hydrogens is 465 g/mol. The Morgan fingerprint density at radius 2 is 1.83 bits per heavy atom. The van der Waals surface area contributed by atoms with Crippen molar-refractivity contribution in [2.75, 3.05) is 0 Å². The molecule has 9 heteroatoms. The van der Waals surface area contributed by atoms with E-state index in [4.69, 9.17) is 4.74 Å². The van der Waals surface area contributed by atoms with Gasteiger partial charge >= 0.3 is 6.18 Å². The quantitative estimate of drug-likeness (QED) is 0.272. The highest BCUT2D eigenvalue weighted by Crippen LogP contribution is 2.30. The number of nitrogens with zero attached hydrogens (tertiary/aromatic N) is 2. The van der Waals surface area contributed by atoms with E-state index in [0.717, 1.165) is 30.3 Å². The van der Waals surface area contributed by atoms with Gasteiger partial charge in [-0.05, 0) is 43.7 Å². The largest absolute Gasteiger partial charge is 0.457 e. The number of allylic oxidation sites excluding steroid dienone is 1. The Hall–Kier alpha value is -4.01. The number of rotatable bonds is 8. The van der Waals surface area contributed by atoms with Crippen LogP contribution in [0.5, 0.6) is 11.5 Å². The van der Waals surface area contributed by atoms with Crippen LogP contribution in [-0.4, -0.2) is 17.4 Å². The molecule has 0 radical (unpaired) electrons. The molecule has 0 aliphatic rings. The average Bonchev–Trinajstić information content (AvgIpc) is 2.78. The first-order valence-corrected chi connectivity index (χ1v) is 10.4. The smallest absolute Gasteiger partial charge is 0.413 e. The summed E-state index contributed by atoms with van der Waals surface area (Å²) in [5.41, 5.74) is 1.95. The molecule has 182 valence electrons. The molecule has 1 aromatic heterocycles. The number of hydrogen-bond donors (Lipinski definition) is 1. The first kappa shape index (κ1) is 25.6. The molecule has 0 fully saturated rings. The molecule has 2 aromatic carbocycles. The molecule has 0 saturated carbocycles. The van der Waals surface area contributed by atoms with E-state index in [1.54, 1.807) is 18.2 Å². The number of alkyl halides is 3. The van der Waals surface area contributed by atoms with E-state index in [0.29, 0.717) is 28.5 Å². The number of aliphatic imine (C=N–C) groups is 1. The molecule has 0 aliphatic heterocycles. The lowest BCUT2D eigenvalue weighted by Gasteiger charge is -2.16. The van der Waals surface area contributed by atoms with Crippen LogP contribution >= 0.6 is 0 Å². The van der Waals surface area contributed by atoms with Crippen molar-refractivity contribution in [3.8, 4) is 11.5 Å². The Bertz CT molecular complexity index is 1260. The topological polar surface area (TPSA) is 46.5 Å². The zero-order valence-electron chi connectivity index (χ0n) is 19.0. The Morgan fingerprint density at radius 3 is 2.51 bits per heavy atom. The van der Waals surface area contributed by atoms with Crippen molar-refractivity contribution in [3.63, 3.8) is 0 Å². The molecule has 0 amide bonds. The number of benzene rings is 2. The monoisotopic (exact) mass is 487 g/mol. The molecule has 0 saturated heterocycles. The summed E-state index contributed by atoms with van der Waals surface area (Å²) in [7, 11) is 0. The van der Waals surface area contributed by atoms with E-state index >= 15 is 0 Å². The van der Waals surface area contributed by atoms with Crippen LogP contribution in [0.2, 0.25) is 0 Å². The van der Waals surface area contributed by atoms with Crippen LogP contribution in [0, 0.1) is 18.6 Å². The van der Waals surface area contributed by atoms with Gasteiger partial charge in [-0.2, -0.15) is 13.2 Å². The lowest BCUT2D eigenvalue weighted by atomic mass is 10.0. The minimum Gasteiger partial charge on any atom is -0.457 e. The molecule has 0 aliphatic carbocycles. The molecule has 3 aromatic rings. The summed E-state index contributed by atoms with van der Waals surface area (Å²) in [4.78, 5) is 7.73. The van der Waals surface area contributed by atoms with Crippen LogP contribution in [-0.2, 0) is 6.54 Å². The van der Waals surface area contributed by atoms with Crippen molar-refractivity contribution in [3.05, 3.63) is 107 Å². The SMILES string of the molecule is C=C(NCc1cc(F)cc(F)c1)c1cccc(Oc2ccnc(C=N/C=C(\C)C(F)(F)F)c2)c1C. The van der Waals surface area contributed by atoms with Crippen LogP contribution in [0.4, 0.5) is 22.0 Å². The van der Waals surface area contributed by atoms with Gasteiger partial charge in [-0.25, -0.2) is 8.78 Å². The average molecular weight is 487 g/mol. The molecule has 0 atom stereocenters. The standard InChI is InChI=1S/C26H22F5N3O/c1-16(26(29,30)31)13-32-15-22-12-23(7-8-33-22)35-25-6-4-5-24(17(25)2)18(3)34-14-19-9-20(27)11-21(28)10-19/h4-13,15,34H,3,14H2,1-2H3/b16-13+,32-15?. The number of hydrogen-bond acceptors (Lipinski definition) is 4. The minimum atomic E-state index is -4.44.